The maximum Gasteiger partial charge on any atom is 0.248 e. The van der Waals surface area contributed by atoms with E-state index in [1.165, 1.54) is 0 Å². The summed E-state index contributed by atoms with van der Waals surface area (Å²) in [6.45, 7) is 6.61. The number of hydrogen-bond acceptors (Lipinski definition) is 1. The van der Waals surface area contributed by atoms with Crippen molar-refractivity contribution in [3.05, 3.63) is 29.3 Å². The van der Waals surface area contributed by atoms with Gasteiger partial charge in [0.2, 0.25) is 5.91 Å². The third-order valence-electron chi connectivity index (χ3n) is 2.54. The van der Waals surface area contributed by atoms with Crippen molar-refractivity contribution in [1.29, 1.82) is 0 Å². The molecule has 88 valence electrons. The molecule has 0 saturated carbocycles. The van der Waals surface area contributed by atoms with Crippen molar-refractivity contribution in [3.8, 4) is 0 Å². The van der Waals surface area contributed by atoms with E-state index in [-0.39, 0.29) is 5.91 Å². The molecule has 1 aromatic carbocycles. The molecule has 1 rings (SSSR count). The van der Waals surface area contributed by atoms with Crippen LogP contribution in [0.25, 0.3) is 0 Å². The third-order valence-corrected chi connectivity index (χ3v) is 4.78. The average molecular weight is 256 g/mol. The van der Waals surface area contributed by atoms with Gasteiger partial charge in [-0.2, -0.15) is 0 Å². The first kappa shape index (κ1) is 13.3. The quantitative estimate of drug-likeness (QED) is 0.650. The molecule has 1 aromatic rings. The smallest absolute Gasteiger partial charge is 0.248 e. The van der Waals surface area contributed by atoms with Crippen LogP contribution in [0.15, 0.2) is 18.2 Å². The Morgan fingerprint density at radius 2 is 2.00 bits per heavy atom. The Balaban J connectivity index is 3.25. The summed E-state index contributed by atoms with van der Waals surface area (Å²) in [5.41, 5.74) is 7.17. The molecule has 0 aromatic heterocycles. The molecule has 1 amide bonds. The second-order valence-corrected chi connectivity index (χ2v) is 10.3. The molecule has 2 N–H and O–H groups in total. The zero-order valence-corrected chi connectivity index (χ0v) is 11.8. The lowest BCUT2D eigenvalue weighted by molar-refractivity contribution is 0.100. The number of amides is 1. The molecular weight excluding hydrogens is 238 g/mol. The molecule has 2 nitrogen and oxygen atoms in total. The summed E-state index contributed by atoms with van der Waals surface area (Å²) in [5.74, 6) is 0.221. The van der Waals surface area contributed by atoms with Crippen LogP contribution in [0.2, 0.25) is 19.6 Å². The third kappa shape index (κ3) is 3.09. The Bertz CT molecular complexity index is 398. The van der Waals surface area contributed by atoms with Gasteiger partial charge in [0, 0.05) is 11.4 Å². The van der Waals surface area contributed by atoms with Gasteiger partial charge in [-0.25, -0.2) is 0 Å². The zero-order valence-electron chi connectivity index (χ0n) is 10.0. The lowest BCUT2D eigenvalue weighted by atomic mass is 10.1. The molecule has 0 unspecified atom stereocenters. The van der Waals surface area contributed by atoms with Crippen LogP contribution in [0.1, 0.15) is 15.9 Å². The highest BCUT2D eigenvalue weighted by molar-refractivity contribution is 6.89. The monoisotopic (exact) mass is 255 g/mol. The van der Waals surface area contributed by atoms with Crippen LogP contribution in [0.5, 0.6) is 0 Å². The van der Waals surface area contributed by atoms with Crippen LogP contribution in [0, 0.1) is 0 Å². The minimum Gasteiger partial charge on any atom is -0.366 e. The Kier molecular flexibility index (Phi) is 4.16. The van der Waals surface area contributed by atoms with Gasteiger partial charge in [0.1, 0.15) is 0 Å². The predicted molar refractivity (Wildman–Crippen MR) is 72.4 cm³/mol. The highest BCUT2D eigenvalue weighted by Crippen LogP contribution is 2.11. The summed E-state index contributed by atoms with van der Waals surface area (Å²) in [4.78, 5) is 11.4. The van der Waals surface area contributed by atoms with E-state index < -0.39 is 8.07 Å². The number of rotatable bonds is 4. The van der Waals surface area contributed by atoms with Crippen molar-refractivity contribution in [1.82, 2.24) is 0 Å². The highest BCUT2D eigenvalue weighted by Gasteiger charge is 2.22. The molecule has 0 aliphatic heterocycles. The molecular formula is C12H18ClNOSi. The molecule has 0 saturated heterocycles. The Labute approximate surface area is 103 Å². The molecule has 0 bridgehead atoms. The van der Waals surface area contributed by atoms with Gasteiger partial charge in [-0.15, -0.1) is 11.6 Å². The Hall–Kier alpha value is -0.803. The summed E-state index contributed by atoms with van der Waals surface area (Å²) in [5, 5.41) is 1.12. The first-order chi connectivity index (χ1) is 7.36. The minimum atomic E-state index is -1.52. The van der Waals surface area contributed by atoms with E-state index in [0.717, 1.165) is 17.2 Å². The molecule has 0 aliphatic carbocycles. The molecule has 0 fully saturated rings. The van der Waals surface area contributed by atoms with Crippen molar-refractivity contribution < 1.29 is 4.79 Å². The summed E-state index contributed by atoms with van der Waals surface area (Å²) in [6, 6.07) is 5.97. The number of hydrogen-bond donors (Lipinski definition) is 1. The number of primary amides is 1. The first-order valence-corrected chi connectivity index (χ1v) is 9.39. The van der Waals surface area contributed by atoms with Crippen LogP contribution in [-0.4, -0.2) is 19.9 Å². The van der Waals surface area contributed by atoms with Gasteiger partial charge >= 0.3 is 0 Å². The Morgan fingerprint density at radius 1 is 1.38 bits per heavy atom. The molecule has 0 atom stereocenters. The number of nitrogens with two attached hydrogens (primary N) is 1. The van der Waals surface area contributed by atoms with E-state index in [1.54, 1.807) is 0 Å². The minimum absolute atomic E-state index is 0.339. The van der Waals surface area contributed by atoms with E-state index >= 15 is 0 Å². The van der Waals surface area contributed by atoms with Gasteiger partial charge in [0.15, 0.2) is 0 Å². The van der Waals surface area contributed by atoms with E-state index in [2.05, 4.69) is 19.6 Å². The van der Waals surface area contributed by atoms with Crippen LogP contribution in [0.4, 0.5) is 0 Å². The van der Waals surface area contributed by atoms with Crippen LogP contribution in [0.3, 0.4) is 0 Å². The van der Waals surface area contributed by atoms with Crippen molar-refractivity contribution in [2.75, 3.05) is 5.88 Å². The molecule has 0 spiro atoms. The summed E-state index contributed by atoms with van der Waals surface area (Å²) < 4.78 is 0. The van der Waals surface area contributed by atoms with Gasteiger partial charge < -0.3 is 5.73 Å². The molecule has 16 heavy (non-hydrogen) atoms. The topological polar surface area (TPSA) is 43.1 Å². The zero-order chi connectivity index (χ0) is 12.3. The first-order valence-electron chi connectivity index (χ1n) is 5.35. The van der Waals surface area contributed by atoms with Crippen molar-refractivity contribution in [2.24, 2.45) is 5.73 Å². The van der Waals surface area contributed by atoms with Gasteiger partial charge in [-0.3, -0.25) is 4.79 Å². The number of aryl methyl sites for hydroxylation is 1. The number of carbonyl (C=O) groups is 1. The number of alkyl halides is 1. The standard InChI is InChI=1S/C12H18ClNOSi/c1-16(2,3)11-5-4-9(6-7-13)8-10(11)12(14)15/h4-5,8H,6-7H2,1-3H3,(H2,14,15). The SMILES string of the molecule is C[Si](C)(C)c1ccc(CCCl)cc1C(N)=O. The number of carbonyl (C=O) groups excluding carboxylic acids is 1. The number of benzene rings is 1. The van der Waals surface area contributed by atoms with Crippen molar-refractivity contribution in [2.45, 2.75) is 26.1 Å². The Morgan fingerprint density at radius 3 is 2.44 bits per heavy atom. The van der Waals surface area contributed by atoms with Crippen molar-refractivity contribution in [3.63, 3.8) is 0 Å². The summed E-state index contributed by atoms with van der Waals surface area (Å²) in [6.07, 6.45) is 0.772. The molecule has 4 heteroatoms. The van der Waals surface area contributed by atoms with Crippen LogP contribution < -0.4 is 10.9 Å². The van der Waals surface area contributed by atoms with Crippen LogP contribution >= 0.6 is 11.6 Å². The van der Waals surface area contributed by atoms with Gasteiger partial charge in [-0.05, 0) is 23.2 Å². The summed E-state index contributed by atoms with van der Waals surface area (Å²) in [7, 11) is -1.52. The lowest BCUT2D eigenvalue weighted by Gasteiger charge is -2.20. The van der Waals surface area contributed by atoms with Crippen LogP contribution in [-0.2, 0) is 6.42 Å². The molecule has 0 aliphatic rings. The lowest BCUT2D eigenvalue weighted by Crippen LogP contribution is -2.42. The average Bonchev–Trinajstić information content (AvgIpc) is 2.16. The van der Waals surface area contributed by atoms with Gasteiger partial charge in [0.25, 0.3) is 0 Å². The fraction of sp³-hybridized carbons (Fsp3) is 0.417. The largest absolute Gasteiger partial charge is 0.366 e. The molecule has 0 radical (unpaired) electrons. The summed E-state index contributed by atoms with van der Waals surface area (Å²) >= 11 is 5.69. The van der Waals surface area contributed by atoms with E-state index in [9.17, 15) is 4.79 Å². The van der Waals surface area contributed by atoms with E-state index in [4.69, 9.17) is 17.3 Å². The van der Waals surface area contributed by atoms with Gasteiger partial charge in [0.05, 0.1) is 8.07 Å². The maximum absolute atomic E-state index is 11.4. The normalized spacial score (nSPS) is 11.5. The van der Waals surface area contributed by atoms with E-state index in [1.807, 2.05) is 18.2 Å². The van der Waals surface area contributed by atoms with Crippen molar-refractivity contribution >= 4 is 30.8 Å². The fourth-order valence-electron chi connectivity index (χ4n) is 1.71. The van der Waals surface area contributed by atoms with E-state index in [0.29, 0.717) is 11.4 Å². The maximum atomic E-state index is 11.4. The number of halogens is 1. The predicted octanol–water partition coefficient (Wildman–Crippen LogP) is 2.11. The second-order valence-electron chi connectivity index (χ2n) is 4.93. The van der Waals surface area contributed by atoms with Gasteiger partial charge in [-0.1, -0.05) is 31.8 Å². The second kappa shape index (κ2) is 5.02. The fourth-order valence-corrected chi connectivity index (χ4v) is 3.52. The molecule has 0 heterocycles. The highest BCUT2D eigenvalue weighted by atomic mass is 35.5.